The number of amides is 2. The standard InChI is InChI=1S/C51H79NO13S2.C49H75NO14/c1-10-14-36-24-30(2)23-31(3)25-41(61-8)46-42(62-9)27-33(5)51(59,65-46)47(55)48(56)52-19-12-11-15-37(52)49(57)64-45(34(6)38(53)29-39(36)54)32(4)26-35-16-17-43(40(28-35)60-7)66-21-13-22-67-44-18-20-63-50(44)58;1-10-13-34-21-28(2)20-29(3)22-41(59-8)45-42(60-9)24-31(5)49(57,64-45)46(54)47(55)50-19-12-11-14-36(50)48(56)63-44(32(6)37(51)26-38(34)52)30(4)23-33-15-17-39(40(25-33)58-7)61-27-35-16-18-43(53)62-35/h10,24,26,31,33-38,40-46,53,59H,1,11-23,25,27-29H2,2-9H3;10,21,23,29,31-37,39-42,44-45,51,57H,1,11-20,22,24-27H2,2-9H3/b30-24+,32-26+;28-21+,30-23+/t31-,33+,34+,35-,36+,37-,38-,40+,41-,42-,43?,44?,45+,46?,51+;29-,31+,32+,33-,34+,35+,36-,37-,39+,40+,41-,42-,44+,45?,49+/m00/s1. The Hall–Kier alpha value is -5.88. The summed E-state index contributed by atoms with van der Waals surface area (Å²) < 4.78 is 77.4. The molecule has 6 saturated heterocycles. The number of esters is 4. The van der Waals surface area contributed by atoms with Crippen molar-refractivity contribution >= 4 is 82.3 Å². The van der Waals surface area contributed by atoms with Crippen molar-refractivity contribution in [1.82, 2.24) is 9.80 Å². The number of Topliss-reactive ketones (excluding diaryl/α,β-unsaturated/α-hetero) is 4. The zero-order chi connectivity index (χ0) is 95.9. The molecule has 2 saturated carbocycles. The minimum atomic E-state index is -2.52. The third-order valence-electron chi connectivity index (χ3n) is 29.0. The van der Waals surface area contributed by atoms with E-state index in [-0.39, 0.29) is 128 Å². The van der Waals surface area contributed by atoms with E-state index in [0.29, 0.717) is 120 Å². The molecule has 738 valence electrons. The molecule has 0 aromatic heterocycles. The average Bonchev–Trinajstić information content (AvgIpc) is 1.75. The molecule has 0 aromatic carbocycles. The summed E-state index contributed by atoms with van der Waals surface area (Å²) in [6.07, 6.45) is 14.9. The van der Waals surface area contributed by atoms with Crippen LogP contribution in [0.3, 0.4) is 0 Å². The fourth-order valence-corrected chi connectivity index (χ4v) is 23.9. The largest absolute Gasteiger partial charge is 0.465 e. The predicted molar refractivity (Wildman–Crippen MR) is 495 cm³/mol. The molecular weight excluding hydrogens is 1730 g/mol. The van der Waals surface area contributed by atoms with Gasteiger partial charge in [0.15, 0.2) is 0 Å². The van der Waals surface area contributed by atoms with E-state index in [1.807, 2.05) is 71.5 Å². The van der Waals surface area contributed by atoms with Crippen molar-refractivity contribution < 1.29 is 130 Å². The highest BCUT2D eigenvalue weighted by Crippen LogP contribution is 2.44. The molecule has 131 heavy (non-hydrogen) atoms. The number of rotatable bonds is 23. The lowest BCUT2D eigenvalue weighted by molar-refractivity contribution is -0.302. The Morgan fingerprint density at radius 2 is 0.939 bits per heavy atom. The van der Waals surface area contributed by atoms with Crippen molar-refractivity contribution in [2.24, 2.45) is 59.2 Å². The highest BCUT2D eigenvalue weighted by Gasteiger charge is 2.59. The smallest absolute Gasteiger partial charge is 0.329 e. The molecule has 4 bridgehead atoms. The number of hydrogen-bond acceptors (Lipinski definition) is 29. The SMILES string of the molecule is C=CC[C@@H]1/C=C(\C)C[C@H](C)C[C@H](OC)C2O[C@@](O)(C(=O)C(=O)N3CCCC[C@H]3C(=O)O[C@H](/C(C)=C/[C@@H]3CCC(SCCCSC4CCOC4=O)[C@H](OC)C3)[C@H](C)[C@@H](O)CC1=O)[C@H](C)C[C@@H]2OC.C=CC[C@@H]1/C=C(\C)C[C@H](C)C[C@H](OC)C2O[C@@](O)(C(=O)C(=O)N3CCCC[C@H]3C(=O)O[C@H](/C(C)=C/[C@@H]3CC[C@@H](OC[C@H]4CCC(=O)O4)[C@H](OC)C3)[C@H](C)[C@@H](O)CC1=O)[C@H](C)C[C@@H]2OC. The van der Waals surface area contributed by atoms with Gasteiger partial charge in [0.1, 0.15) is 59.4 Å². The van der Waals surface area contributed by atoms with E-state index < -0.39 is 156 Å². The van der Waals surface area contributed by atoms with Gasteiger partial charge in [0.25, 0.3) is 23.4 Å². The number of fused-ring (bicyclic) bond motifs is 6. The van der Waals surface area contributed by atoms with Crippen molar-refractivity contribution in [3.8, 4) is 0 Å². The van der Waals surface area contributed by atoms with Gasteiger partial charge in [-0.15, -0.1) is 24.9 Å². The number of ketones is 4. The third-order valence-corrected chi connectivity index (χ3v) is 31.8. The number of hydrogen-bond donors (Lipinski definition) is 4. The van der Waals surface area contributed by atoms with Gasteiger partial charge >= 0.3 is 23.9 Å². The van der Waals surface area contributed by atoms with Crippen molar-refractivity contribution in [1.29, 1.82) is 0 Å². The Morgan fingerprint density at radius 1 is 0.504 bits per heavy atom. The Kier molecular flexibility index (Phi) is 42.8. The van der Waals surface area contributed by atoms with E-state index in [9.17, 15) is 68.4 Å². The minimum Gasteiger partial charge on any atom is -0.465 e. The van der Waals surface area contributed by atoms with Crippen molar-refractivity contribution in [2.45, 2.75) is 356 Å². The molecule has 30 atom stereocenters. The highest BCUT2D eigenvalue weighted by molar-refractivity contribution is 8.01. The van der Waals surface area contributed by atoms with Crippen LogP contribution in [-0.4, -0.2) is 289 Å². The first-order valence-electron chi connectivity index (χ1n) is 48.0. The number of carbonyl (C=O) groups is 10. The van der Waals surface area contributed by atoms with Crippen LogP contribution in [0.25, 0.3) is 0 Å². The zero-order valence-corrected chi connectivity index (χ0v) is 82.2. The van der Waals surface area contributed by atoms with Gasteiger partial charge in [-0.3, -0.25) is 38.4 Å². The summed E-state index contributed by atoms with van der Waals surface area (Å²) in [5.74, 6) is -13.9. The van der Waals surface area contributed by atoms with Gasteiger partial charge in [-0.2, -0.15) is 11.8 Å². The number of aliphatic hydroxyl groups excluding tert-OH is 2. The van der Waals surface area contributed by atoms with Crippen LogP contribution in [0.5, 0.6) is 0 Å². The highest BCUT2D eigenvalue weighted by atomic mass is 32.2. The molecule has 8 fully saturated rings. The van der Waals surface area contributed by atoms with E-state index in [1.165, 1.54) is 38.2 Å². The second-order valence-electron chi connectivity index (χ2n) is 39.0. The molecule has 4 unspecified atom stereocenters. The summed E-state index contributed by atoms with van der Waals surface area (Å²) in [6, 6.07) is -2.30. The Balaban J connectivity index is 0.000000295. The normalized spacial score (nSPS) is 39.5. The molecule has 8 heterocycles. The number of nitrogens with zero attached hydrogens (tertiary/aromatic N) is 2. The van der Waals surface area contributed by atoms with Gasteiger partial charge in [0, 0.05) is 122 Å². The number of aliphatic hydroxyl groups is 4. The fraction of sp³-hybridized carbons (Fsp3) is 0.780. The van der Waals surface area contributed by atoms with Gasteiger partial charge in [0.05, 0.1) is 68.1 Å². The summed E-state index contributed by atoms with van der Waals surface area (Å²) in [7, 11) is 9.48. The van der Waals surface area contributed by atoms with Crippen molar-refractivity contribution in [2.75, 3.05) is 80.5 Å². The molecule has 10 rings (SSSR count). The Labute approximate surface area is 785 Å². The molecule has 0 radical (unpaired) electrons. The third kappa shape index (κ3) is 28.7. The number of cyclic esters (lactones) is 4. The molecule has 10 aliphatic rings. The van der Waals surface area contributed by atoms with Gasteiger partial charge < -0.3 is 91.8 Å². The number of ether oxygens (including phenoxy) is 13. The van der Waals surface area contributed by atoms with E-state index in [1.54, 1.807) is 65.8 Å². The molecule has 29 nitrogen and oxygen atoms in total. The summed E-state index contributed by atoms with van der Waals surface area (Å²) in [4.78, 5) is 140. The van der Waals surface area contributed by atoms with E-state index in [0.717, 1.165) is 61.2 Å². The molecule has 0 spiro atoms. The van der Waals surface area contributed by atoms with Gasteiger partial charge in [-0.05, 0) is 215 Å². The number of piperidine rings is 2. The maximum Gasteiger partial charge on any atom is 0.329 e. The summed E-state index contributed by atoms with van der Waals surface area (Å²) >= 11 is 3.57. The number of methoxy groups -OCH3 is 6. The first-order valence-corrected chi connectivity index (χ1v) is 50.1. The van der Waals surface area contributed by atoms with Crippen LogP contribution in [0.2, 0.25) is 0 Å². The van der Waals surface area contributed by atoms with Crippen LogP contribution >= 0.6 is 23.5 Å². The lowest BCUT2D eigenvalue weighted by Crippen LogP contribution is -2.64. The number of thioether (sulfide) groups is 2. The van der Waals surface area contributed by atoms with Gasteiger partial charge in [-0.25, -0.2) is 9.59 Å². The maximum absolute atomic E-state index is 14.5. The molecule has 4 N–H and O–H groups in total. The quantitative estimate of drug-likeness (QED) is 0.0243. The topological polar surface area (TPSA) is 378 Å². The van der Waals surface area contributed by atoms with Crippen molar-refractivity contribution in [3.05, 3.63) is 71.9 Å². The lowest BCUT2D eigenvalue weighted by Gasteiger charge is -2.47. The fourth-order valence-electron chi connectivity index (χ4n) is 21.3. The summed E-state index contributed by atoms with van der Waals surface area (Å²) in [5, 5.41) is 48.2. The predicted octanol–water partition coefficient (Wildman–Crippen LogP) is 12.2. The van der Waals surface area contributed by atoms with E-state index in [4.69, 9.17) is 61.6 Å². The number of carbonyl (C=O) groups excluding carboxylic acids is 10. The molecule has 2 amide bonds. The zero-order valence-electron chi connectivity index (χ0n) is 80.6. The molecule has 8 aliphatic heterocycles. The molecule has 31 heteroatoms. The van der Waals surface area contributed by atoms with Crippen molar-refractivity contribution in [3.63, 3.8) is 0 Å². The van der Waals surface area contributed by atoms with E-state index >= 15 is 0 Å². The summed E-state index contributed by atoms with van der Waals surface area (Å²) in [5.41, 5.74) is 3.28. The van der Waals surface area contributed by atoms with Crippen LogP contribution < -0.4 is 0 Å². The Bertz CT molecular complexity index is 3980. The second kappa shape index (κ2) is 51.5. The monoisotopic (exact) mass is 1880 g/mol. The number of allylic oxidation sites excluding steroid dienone is 8. The first-order chi connectivity index (χ1) is 62.4. The average molecular weight is 1880 g/mol. The summed E-state index contributed by atoms with van der Waals surface area (Å²) in [6.45, 7) is 27.3. The molecular formula is C100H154N2O27S2. The van der Waals surface area contributed by atoms with Crippen LogP contribution in [0.15, 0.2) is 71.9 Å². The Morgan fingerprint density at radius 3 is 1.36 bits per heavy atom. The lowest BCUT2D eigenvalue weighted by atomic mass is 9.81. The molecule has 0 aromatic rings. The van der Waals surface area contributed by atoms with Gasteiger partial charge in [-0.1, -0.05) is 89.1 Å². The van der Waals surface area contributed by atoms with E-state index in [2.05, 4.69) is 19.2 Å². The van der Waals surface area contributed by atoms with Crippen LogP contribution in [0.1, 0.15) is 236 Å². The molecule has 2 aliphatic carbocycles. The van der Waals surface area contributed by atoms with Crippen LogP contribution in [0.4, 0.5) is 0 Å². The van der Waals surface area contributed by atoms with Crippen LogP contribution in [-0.2, 0) is 110 Å². The second-order valence-corrected chi connectivity index (χ2v) is 41.7. The minimum absolute atomic E-state index is 0.000657. The van der Waals surface area contributed by atoms with Crippen LogP contribution in [0, 0.1) is 59.2 Å². The maximum atomic E-state index is 14.5. The van der Waals surface area contributed by atoms with Gasteiger partial charge in [0.2, 0.25) is 11.6 Å². The first kappa shape index (κ1) is 109.